The highest BCUT2D eigenvalue weighted by molar-refractivity contribution is 5.95. The highest BCUT2D eigenvalue weighted by Crippen LogP contribution is 2.26. The second kappa shape index (κ2) is 8.91. The minimum absolute atomic E-state index is 0.0115. The molecule has 0 aliphatic rings. The summed E-state index contributed by atoms with van der Waals surface area (Å²) in [5, 5.41) is 5.65. The van der Waals surface area contributed by atoms with E-state index in [0.717, 1.165) is 5.56 Å². The van der Waals surface area contributed by atoms with Crippen LogP contribution in [0.15, 0.2) is 48.5 Å². The molecule has 2 rings (SSSR count). The molecule has 5 heteroatoms. The molecular weight excluding hydrogens is 352 g/mol. The van der Waals surface area contributed by atoms with Crippen LogP contribution in [0.5, 0.6) is 5.75 Å². The smallest absolute Gasteiger partial charge is 0.265 e. The number of hydrogen-bond donors (Lipinski definition) is 2. The first-order valence-corrected chi connectivity index (χ1v) is 9.55. The van der Waals surface area contributed by atoms with E-state index in [1.807, 2.05) is 32.0 Å². The van der Waals surface area contributed by atoms with Gasteiger partial charge < -0.3 is 15.4 Å². The molecule has 0 saturated carbocycles. The summed E-state index contributed by atoms with van der Waals surface area (Å²) in [4.78, 5) is 24.2. The van der Waals surface area contributed by atoms with Crippen molar-refractivity contribution in [2.24, 2.45) is 5.92 Å². The van der Waals surface area contributed by atoms with Gasteiger partial charge in [0.1, 0.15) is 5.75 Å². The molecule has 2 N–H and O–H groups in total. The fourth-order valence-electron chi connectivity index (χ4n) is 2.46. The zero-order valence-corrected chi connectivity index (χ0v) is 17.5. The normalized spacial score (nSPS) is 12.4. The standard InChI is InChI=1S/C23H30N2O3/c1-15(2)21(26)24-18-10-12-19(13-11-18)25-22(27)16(3)28-20-9-7-8-17(14-20)23(4,5)6/h7-16H,1-6H3,(H,24,26)(H,25,27). The van der Waals surface area contributed by atoms with Crippen LogP contribution in [0.1, 0.15) is 47.1 Å². The van der Waals surface area contributed by atoms with Crippen LogP contribution in [0.2, 0.25) is 0 Å². The average molecular weight is 383 g/mol. The van der Waals surface area contributed by atoms with Gasteiger partial charge in [-0.3, -0.25) is 9.59 Å². The number of anilines is 2. The Morgan fingerprint density at radius 3 is 1.89 bits per heavy atom. The summed E-state index contributed by atoms with van der Waals surface area (Å²) >= 11 is 0. The maximum absolute atomic E-state index is 12.4. The first-order chi connectivity index (χ1) is 13.1. The Balaban J connectivity index is 1.96. The zero-order valence-electron chi connectivity index (χ0n) is 17.5. The maximum Gasteiger partial charge on any atom is 0.265 e. The maximum atomic E-state index is 12.4. The fraction of sp³-hybridized carbons (Fsp3) is 0.391. The van der Waals surface area contributed by atoms with Crippen molar-refractivity contribution in [2.45, 2.75) is 53.1 Å². The lowest BCUT2D eigenvalue weighted by molar-refractivity contribution is -0.122. The molecule has 0 aliphatic heterocycles. The minimum atomic E-state index is -0.643. The van der Waals surface area contributed by atoms with Crippen LogP contribution in [-0.4, -0.2) is 17.9 Å². The molecule has 0 bridgehead atoms. The van der Waals surface area contributed by atoms with Crippen LogP contribution < -0.4 is 15.4 Å². The average Bonchev–Trinajstić information content (AvgIpc) is 2.62. The molecule has 1 unspecified atom stereocenters. The SMILES string of the molecule is CC(C)C(=O)Nc1ccc(NC(=O)C(C)Oc2cccc(C(C)(C)C)c2)cc1. The molecule has 2 amide bonds. The van der Waals surface area contributed by atoms with E-state index >= 15 is 0 Å². The molecule has 5 nitrogen and oxygen atoms in total. The third-order valence-electron chi connectivity index (χ3n) is 4.33. The Labute approximate surface area is 167 Å². The van der Waals surface area contributed by atoms with E-state index in [9.17, 15) is 9.59 Å². The lowest BCUT2D eigenvalue weighted by Gasteiger charge is -2.21. The Kier molecular flexibility index (Phi) is 6.84. The molecule has 0 radical (unpaired) electrons. The van der Waals surface area contributed by atoms with Crippen molar-refractivity contribution in [1.82, 2.24) is 0 Å². The number of amides is 2. The third-order valence-corrected chi connectivity index (χ3v) is 4.33. The van der Waals surface area contributed by atoms with Crippen molar-refractivity contribution < 1.29 is 14.3 Å². The van der Waals surface area contributed by atoms with E-state index in [0.29, 0.717) is 17.1 Å². The zero-order chi connectivity index (χ0) is 20.9. The van der Waals surface area contributed by atoms with Gasteiger partial charge in [0, 0.05) is 17.3 Å². The molecule has 0 aromatic heterocycles. The Bertz CT molecular complexity index is 820. The van der Waals surface area contributed by atoms with Gasteiger partial charge in [-0.1, -0.05) is 46.8 Å². The largest absolute Gasteiger partial charge is 0.481 e. The van der Waals surface area contributed by atoms with E-state index in [1.54, 1.807) is 31.2 Å². The van der Waals surface area contributed by atoms with Crippen molar-refractivity contribution in [3.05, 3.63) is 54.1 Å². The number of hydrogen-bond acceptors (Lipinski definition) is 3. The summed E-state index contributed by atoms with van der Waals surface area (Å²) in [6, 6.07) is 14.8. The lowest BCUT2D eigenvalue weighted by atomic mass is 9.87. The number of carbonyl (C=O) groups excluding carboxylic acids is 2. The van der Waals surface area contributed by atoms with Gasteiger partial charge in [-0.05, 0) is 54.3 Å². The van der Waals surface area contributed by atoms with E-state index in [-0.39, 0.29) is 23.1 Å². The van der Waals surface area contributed by atoms with Crippen molar-refractivity contribution in [3.63, 3.8) is 0 Å². The predicted octanol–water partition coefficient (Wildman–Crippen LogP) is 4.98. The van der Waals surface area contributed by atoms with Crippen LogP contribution in [0.25, 0.3) is 0 Å². The topological polar surface area (TPSA) is 67.4 Å². The van der Waals surface area contributed by atoms with Gasteiger partial charge in [0.05, 0.1) is 0 Å². The molecule has 28 heavy (non-hydrogen) atoms. The summed E-state index contributed by atoms with van der Waals surface area (Å²) in [5.41, 5.74) is 2.50. The summed E-state index contributed by atoms with van der Waals surface area (Å²) in [6.07, 6.45) is -0.643. The summed E-state index contributed by atoms with van der Waals surface area (Å²) in [6.45, 7) is 11.8. The number of nitrogens with one attached hydrogen (secondary N) is 2. The van der Waals surface area contributed by atoms with Crippen LogP contribution in [0.3, 0.4) is 0 Å². The van der Waals surface area contributed by atoms with Crippen molar-refractivity contribution >= 4 is 23.2 Å². The Hall–Kier alpha value is -2.82. The number of carbonyl (C=O) groups is 2. The molecule has 1 atom stereocenters. The quantitative estimate of drug-likeness (QED) is 0.740. The highest BCUT2D eigenvalue weighted by Gasteiger charge is 2.18. The summed E-state index contributed by atoms with van der Waals surface area (Å²) in [5.74, 6) is 0.299. The van der Waals surface area contributed by atoms with Gasteiger partial charge in [-0.15, -0.1) is 0 Å². The predicted molar refractivity (Wildman–Crippen MR) is 114 cm³/mol. The van der Waals surface area contributed by atoms with Gasteiger partial charge in [0.15, 0.2) is 6.10 Å². The van der Waals surface area contributed by atoms with Gasteiger partial charge >= 0.3 is 0 Å². The van der Waals surface area contributed by atoms with Gasteiger partial charge in [-0.2, -0.15) is 0 Å². The van der Waals surface area contributed by atoms with E-state index in [2.05, 4.69) is 37.5 Å². The molecule has 0 aliphatic carbocycles. The minimum Gasteiger partial charge on any atom is -0.481 e. The van der Waals surface area contributed by atoms with Crippen molar-refractivity contribution in [3.8, 4) is 5.75 Å². The van der Waals surface area contributed by atoms with E-state index < -0.39 is 6.10 Å². The second-order valence-electron chi connectivity index (χ2n) is 8.25. The first-order valence-electron chi connectivity index (χ1n) is 9.55. The second-order valence-corrected chi connectivity index (χ2v) is 8.25. The van der Waals surface area contributed by atoms with E-state index in [1.165, 1.54) is 0 Å². The number of rotatable bonds is 6. The third kappa shape index (κ3) is 6.12. The van der Waals surface area contributed by atoms with Crippen LogP contribution in [-0.2, 0) is 15.0 Å². The molecule has 0 fully saturated rings. The Morgan fingerprint density at radius 2 is 1.39 bits per heavy atom. The first kappa shape index (κ1) is 21.5. The number of benzene rings is 2. The van der Waals surface area contributed by atoms with Crippen LogP contribution >= 0.6 is 0 Å². The molecular formula is C23H30N2O3. The van der Waals surface area contributed by atoms with Crippen LogP contribution in [0, 0.1) is 5.92 Å². The monoisotopic (exact) mass is 382 g/mol. The lowest BCUT2D eigenvalue weighted by Crippen LogP contribution is -2.30. The van der Waals surface area contributed by atoms with Crippen molar-refractivity contribution in [1.29, 1.82) is 0 Å². The fourth-order valence-corrected chi connectivity index (χ4v) is 2.46. The molecule has 150 valence electrons. The van der Waals surface area contributed by atoms with E-state index in [4.69, 9.17) is 4.74 Å². The van der Waals surface area contributed by atoms with Gasteiger partial charge in [0.2, 0.25) is 5.91 Å². The van der Waals surface area contributed by atoms with Gasteiger partial charge in [0.25, 0.3) is 5.91 Å². The molecule has 0 heterocycles. The molecule has 2 aromatic rings. The van der Waals surface area contributed by atoms with Crippen LogP contribution in [0.4, 0.5) is 11.4 Å². The Morgan fingerprint density at radius 1 is 0.857 bits per heavy atom. The molecule has 2 aromatic carbocycles. The number of ether oxygens (including phenoxy) is 1. The summed E-state index contributed by atoms with van der Waals surface area (Å²) < 4.78 is 5.82. The summed E-state index contributed by atoms with van der Waals surface area (Å²) in [7, 11) is 0. The highest BCUT2D eigenvalue weighted by atomic mass is 16.5. The van der Waals surface area contributed by atoms with Crippen molar-refractivity contribution in [2.75, 3.05) is 10.6 Å². The van der Waals surface area contributed by atoms with Gasteiger partial charge in [-0.25, -0.2) is 0 Å². The molecule has 0 saturated heterocycles. The molecule has 0 spiro atoms.